The van der Waals surface area contributed by atoms with Crippen molar-refractivity contribution in [3.05, 3.63) is 84.2 Å². The summed E-state index contributed by atoms with van der Waals surface area (Å²) in [5.74, 6) is -0.852. The first-order valence-electron chi connectivity index (χ1n) is 7.62. The van der Waals surface area contributed by atoms with Crippen molar-refractivity contribution in [2.24, 2.45) is 0 Å². The quantitative estimate of drug-likeness (QED) is 0.743. The Bertz CT molecular complexity index is 746. The lowest BCUT2D eigenvalue weighted by molar-refractivity contribution is -0.189. The molecule has 2 aromatic carbocycles. The minimum atomic E-state index is -0.852. The summed E-state index contributed by atoms with van der Waals surface area (Å²) in [6.07, 6.45) is 3.37. The van der Waals surface area contributed by atoms with Gasteiger partial charge in [-0.15, -0.1) is 5.10 Å². The molecule has 5 heteroatoms. The normalized spacial score (nSPS) is 23.9. The molecule has 23 heavy (non-hydrogen) atoms. The highest BCUT2D eigenvalue weighted by Gasteiger charge is 2.44. The highest BCUT2D eigenvalue weighted by Crippen LogP contribution is 2.41. The van der Waals surface area contributed by atoms with Crippen LogP contribution in [-0.2, 0) is 21.8 Å². The van der Waals surface area contributed by atoms with Gasteiger partial charge in [0.25, 0.3) is 0 Å². The maximum absolute atomic E-state index is 6.38. The van der Waals surface area contributed by atoms with Gasteiger partial charge < -0.3 is 9.47 Å². The molecule has 2 heterocycles. The van der Waals surface area contributed by atoms with Gasteiger partial charge in [0, 0.05) is 11.8 Å². The lowest BCUT2D eigenvalue weighted by Gasteiger charge is -2.28. The highest BCUT2D eigenvalue weighted by atomic mass is 16.7. The van der Waals surface area contributed by atoms with E-state index in [1.807, 2.05) is 54.7 Å². The summed E-state index contributed by atoms with van der Waals surface area (Å²) in [5.41, 5.74) is 2.10. The van der Waals surface area contributed by atoms with Crippen LogP contribution in [0.1, 0.15) is 17.2 Å². The van der Waals surface area contributed by atoms with Gasteiger partial charge >= 0.3 is 0 Å². The Hall–Kier alpha value is -2.50. The minimum absolute atomic E-state index is 0.0973. The van der Waals surface area contributed by atoms with E-state index in [-0.39, 0.29) is 6.10 Å². The van der Waals surface area contributed by atoms with Gasteiger partial charge in [-0.1, -0.05) is 65.9 Å². The van der Waals surface area contributed by atoms with Crippen LogP contribution >= 0.6 is 0 Å². The van der Waals surface area contributed by atoms with Crippen LogP contribution in [0.4, 0.5) is 0 Å². The monoisotopic (exact) mass is 307 g/mol. The van der Waals surface area contributed by atoms with Gasteiger partial charge in [0.1, 0.15) is 12.6 Å². The SMILES string of the molecule is c1ccc(C2COC(Cn3ccnn3)(c3ccccc3)O2)cc1. The van der Waals surface area contributed by atoms with Crippen molar-refractivity contribution in [1.82, 2.24) is 15.0 Å². The molecule has 0 bridgehead atoms. The molecule has 0 radical (unpaired) electrons. The van der Waals surface area contributed by atoms with E-state index in [0.29, 0.717) is 13.2 Å². The topological polar surface area (TPSA) is 49.2 Å². The first kappa shape index (κ1) is 14.1. The number of ether oxygens (including phenoxy) is 2. The second-order valence-corrected chi connectivity index (χ2v) is 5.55. The maximum Gasteiger partial charge on any atom is 0.216 e. The van der Waals surface area contributed by atoms with E-state index in [9.17, 15) is 0 Å². The summed E-state index contributed by atoms with van der Waals surface area (Å²) < 4.78 is 14.3. The molecule has 116 valence electrons. The third-order valence-corrected chi connectivity index (χ3v) is 4.03. The van der Waals surface area contributed by atoms with E-state index < -0.39 is 5.79 Å². The van der Waals surface area contributed by atoms with E-state index in [1.165, 1.54) is 0 Å². The van der Waals surface area contributed by atoms with Crippen molar-refractivity contribution in [2.75, 3.05) is 6.61 Å². The number of rotatable bonds is 4. The second kappa shape index (κ2) is 5.95. The van der Waals surface area contributed by atoms with Crippen molar-refractivity contribution in [2.45, 2.75) is 18.4 Å². The van der Waals surface area contributed by atoms with Crippen LogP contribution < -0.4 is 0 Å². The van der Waals surface area contributed by atoms with Gasteiger partial charge in [-0.3, -0.25) is 0 Å². The summed E-state index contributed by atoms with van der Waals surface area (Å²) in [7, 11) is 0. The number of hydrogen-bond donors (Lipinski definition) is 0. The molecule has 4 rings (SSSR count). The highest BCUT2D eigenvalue weighted by molar-refractivity contribution is 5.24. The van der Waals surface area contributed by atoms with E-state index in [0.717, 1.165) is 11.1 Å². The van der Waals surface area contributed by atoms with Crippen molar-refractivity contribution in [3.8, 4) is 0 Å². The standard InChI is InChI=1S/C18H17N3O2/c1-3-7-15(8-4-1)17-13-22-18(23-17,14-21-12-11-19-20-21)16-9-5-2-6-10-16/h1-12,17H,13-14H2. The van der Waals surface area contributed by atoms with Crippen LogP contribution in [0.3, 0.4) is 0 Å². The molecule has 5 nitrogen and oxygen atoms in total. The number of benzene rings is 2. The Balaban J connectivity index is 1.67. The van der Waals surface area contributed by atoms with Crippen LogP contribution in [0.15, 0.2) is 73.1 Å². The van der Waals surface area contributed by atoms with Crippen molar-refractivity contribution >= 4 is 0 Å². The number of hydrogen-bond acceptors (Lipinski definition) is 4. The van der Waals surface area contributed by atoms with Gasteiger partial charge in [-0.2, -0.15) is 0 Å². The fourth-order valence-corrected chi connectivity index (χ4v) is 2.89. The van der Waals surface area contributed by atoms with Gasteiger partial charge in [0.05, 0.1) is 12.8 Å². The van der Waals surface area contributed by atoms with E-state index >= 15 is 0 Å². The van der Waals surface area contributed by atoms with Gasteiger partial charge in [-0.25, -0.2) is 4.68 Å². The molecule has 0 amide bonds. The third-order valence-electron chi connectivity index (χ3n) is 4.03. The lowest BCUT2D eigenvalue weighted by Crippen LogP contribution is -2.33. The first-order chi connectivity index (χ1) is 11.4. The smallest absolute Gasteiger partial charge is 0.216 e. The Morgan fingerprint density at radius 2 is 1.78 bits per heavy atom. The summed E-state index contributed by atoms with van der Waals surface area (Å²) in [5, 5.41) is 7.92. The lowest BCUT2D eigenvalue weighted by atomic mass is 10.1. The Morgan fingerprint density at radius 1 is 1.04 bits per heavy atom. The Morgan fingerprint density at radius 3 is 2.48 bits per heavy atom. The Kier molecular flexibility index (Phi) is 3.65. The third kappa shape index (κ3) is 2.76. The summed E-state index contributed by atoms with van der Waals surface area (Å²) in [6.45, 7) is 0.966. The number of nitrogens with zero attached hydrogens (tertiary/aromatic N) is 3. The molecule has 2 unspecified atom stereocenters. The van der Waals surface area contributed by atoms with Crippen LogP contribution in [0, 0.1) is 0 Å². The zero-order valence-corrected chi connectivity index (χ0v) is 12.6. The van der Waals surface area contributed by atoms with Gasteiger partial charge in [0.2, 0.25) is 5.79 Å². The molecule has 1 saturated heterocycles. The predicted octanol–water partition coefficient (Wildman–Crippen LogP) is 2.92. The van der Waals surface area contributed by atoms with Crippen LogP contribution in [0.5, 0.6) is 0 Å². The van der Waals surface area contributed by atoms with E-state index in [2.05, 4.69) is 22.4 Å². The molecular weight excluding hydrogens is 290 g/mol. The molecule has 3 aromatic rings. The predicted molar refractivity (Wildman–Crippen MR) is 84.4 cm³/mol. The van der Waals surface area contributed by atoms with E-state index in [1.54, 1.807) is 10.9 Å². The molecule has 0 N–H and O–H groups in total. The molecule has 1 aromatic heterocycles. The van der Waals surface area contributed by atoms with Crippen molar-refractivity contribution in [1.29, 1.82) is 0 Å². The molecule has 0 saturated carbocycles. The fourth-order valence-electron chi connectivity index (χ4n) is 2.89. The molecule has 0 spiro atoms. The molecule has 0 aliphatic carbocycles. The minimum Gasteiger partial charge on any atom is -0.341 e. The fraction of sp³-hybridized carbons (Fsp3) is 0.222. The van der Waals surface area contributed by atoms with Crippen LogP contribution in [0.25, 0.3) is 0 Å². The van der Waals surface area contributed by atoms with Crippen molar-refractivity contribution in [3.63, 3.8) is 0 Å². The Labute approximate surface area is 134 Å². The number of aromatic nitrogens is 3. The summed E-state index contributed by atoms with van der Waals surface area (Å²) >= 11 is 0. The average Bonchev–Trinajstić information content (AvgIpc) is 3.28. The second-order valence-electron chi connectivity index (χ2n) is 5.55. The molecule has 2 atom stereocenters. The van der Waals surface area contributed by atoms with Crippen LogP contribution in [-0.4, -0.2) is 21.6 Å². The molecule has 1 aliphatic rings. The zero-order chi connectivity index (χ0) is 15.5. The zero-order valence-electron chi connectivity index (χ0n) is 12.6. The average molecular weight is 307 g/mol. The molecule has 1 fully saturated rings. The largest absolute Gasteiger partial charge is 0.341 e. The van der Waals surface area contributed by atoms with Gasteiger partial charge in [0.15, 0.2) is 0 Å². The molecular formula is C18H17N3O2. The maximum atomic E-state index is 6.38. The van der Waals surface area contributed by atoms with Crippen LogP contribution in [0.2, 0.25) is 0 Å². The summed E-state index contributed by atoms with van der Waals surface area (Å²) in [6, 6.07) is 20.1. The van der Waals surface area contributed by atoms with Gasteiger partial charge in [-0.05, 0) is 5.56 Å². The summed E-state index contributed by atoms with van der Waals surface area (Å²) in [4.78, 5) is 0. The van der Waals surface area contributed by atoms with Crippen molar-refractivity contribution < 1.29 is 9.47 Å². The first-order valence-corrected chi connectivity index (χ1v) is 7.62. The van der Waals surface area contributed by atoms with E-state index in [4.69, 9.17) is 9.47 Å². The molecule has 1 aliphatic heterocycles.